The topological polar surface area (TPSA) is 49.0 Å². The summed E-state index contributed by atoms with van der Waals surface area (Å²) < 4.78 is 0.760. The van der Waals surface area contributed by atoms with Gasteiger partial charge >= 0.3 is 0 Å². The standard InChI is InChI=1S/C11H16IN3O/c1-3-15(4-2)11-13-9(7-5-6-7)8(12)10(16)14-11/h7H,3-6H2,1-2H3,(H,13,14,16). The van der Waals surface area contributed by atoms with Crippen molar-refractivity contribution in [1.82, 2.24) is 9.97 Å². The highest BCUT2D eigenvalue weighted by atomic mass is 127. The monoisotopic (exact) mass is 333 g/mol. The lowest BCUT2D eigenvalue weighted by atomic mass is 10.3. The Bertz CT molecular complexity index is 435. The molecular weight excluding hydrogens is 317 g/mol. The Morgan fingerprint density at radius 1 is 1.44 bits per heavy atom. The summed E-state index contributed by atoms with van der Waals surface area (Å²) >= 11 is 2.10. The second kappa shape index (κ2) is 4.73. The Hall–Kier alpha value is -0.590. The number of hydrogen-bond acceptors (Lipinski definition) is 3. The maximum absolute atomic E-state index is 11.8. The zero-order chi connectivity index (χ0) is 11.7. The van der Waals surface area contributed by atoms with Gasteiger partial charge in [-0.15, -0.1) is 0 Å². The first-order valence-electron chi connectivity index (χ1n) is 5.72. The van der Waals surface area contributed by atoms with Crippen molar-refractivity contribution < 1.29 is 0 Å². The first-order chi connectivity index (χ1) is 7.67. The Morgan fingerprint density at radius 2 is 2.06 bits per heavy atom. The molecule has 0 unspecified atom stereocenters. The average Bonchev–Trinajstić information content (AvgIpc) is 3.08. The summed E-state index contributed by atoms with van der Waals surface area (Å²) in [5.41, 5.74) is 0.991. The molecule has 0 saturated heterocycles. The summed E-state index contributed by atoms with van der Waals surface area (Å²) in [5.74, 6) is 1.24. The zero-order valence-corrected chi connectivity index (χ0v) is 11.7. The molecule has 1 heterocycles. The van der Waals surface area contributed by atoms with Crippen LogP contribution in [0.3, 0.4) is 0 Å². The predicted octanol–water partition coefficient (Wildman–Crippen LogP) is 2.10. The molecule has 2 rings (SSSR count). The van der Waals surface area contributed by atoms with Crippen molar-refractivity contribution in [2.24, 2.45) is 0 Å². The second-order valence-corrected chi connectivity index (χ2v) is 5.11. The molecule has 0 aliphatic heterocycles. The summed E-state index contributed by atoms with van der Waals surface area (Å²) in [5, 5.41) is 0. The van der Waals surface area contributed by atoms with Crippen LogP contribution >= 0.6 is 22.6 Å². The number of nitrogens with zero attached hydrogens (tertiary/aromatic N) is 2. The van der Waals surface area contributed by atoms with Gasteiger partial charge in [-0.3, -0.25) is 9.78 Å². The largest absolute Gasteiger partial charge is 0.343 e. The molecule has 1 fully saturated rings. The molecule has 1 N–H and O–H groups in total. The molecule has 16 heavy (non-hydrogen) atoms. The summed E-state index contributed by atoms with van der Waals surface area (Å²) in [4.78, 5) is 21.3. The summed E-state index contributed by atoms with van der Waals surface area (Å²) in [6.07, 6.45) is 2.34. The van der Waals surface area contributed by atoms with Gasteiger partial charge in [0.25, 0.3) is 5.56 Å². The van der Waals surface area contributed by atoms with Crippen molar-refractivity contribution in [2.75, 3.05) is 18.0 Å². The summed E-state index contributed by atoms with van der Waals surface area (Å²) in [6.45, 7) is 5.87. The summed E-state index contributed by atoms with van der Waals surface area (Å²) in [7, 11) is 0. The third kappa shape index (κ3) is 2.23. The number of rotatable bonds is 4. The number of aromatic nitrogens is 2. The van der Waals surface area contributed by atoms with E-state index in [0.29, 0.717) is 5.92 Å². The van der Waals surface area contributed by atoms with Gasteiger partial charge in [0.1, 0.15) is 3.57 Å². The van der Waals surface area contributed by atoms with Crippen LogP contribution in [0, 0.1) is 3.57 Å². The first kappa shape index (κ1) is 11.9. The van der Waals surface area contributed by atoms with Crippen LogP contribution in [0.25, 0.3) is 0 Å². The van der Waals surface area contributed by atoms with Crippen molar-refractivity contribution in [3.63, 3.8) is 0 Å². The lowest BCUT2D eigenvalue weighted by molar-refractivity contribution is 0.799. The Balaban J connectivity index is 2.43. The molecule has 1 aromatic heterocycles. The van der Waals surface area contributed by atoms with Crippen molar-refractivity contribution in [1.29, 1.82) is 0 Å². The van der Waals surface area contributed by atoms with Gasteiger partial charge in [-0.25, -0.2) is 4.98 Å². The van der Waals surface area contributed by atoms with E-state index >= 15 is 0 Å². The van der Waals surface area contributed by atoms with Gasteiger partial charge < -0.3 is 4.90 Å². The Morgan fingerprint density at radius 3 is 2.56 bits per heavy atom. The molecule has 0 amide bonds. The fourth-order valence-electron chi connectivity index (χ4n) is 1.76. The van der Waals surface area contributed by atoms with Gasteiger partial charge in [0.2, 0.25) is 5.95 Å². The van der Waals surface area contributed by atoms with Gasteiger partial charge in [-0.05, 0) is 49.3 Å². The minimum absolute atomic E-state index is 0.000556. The molecule has 1 saturated carbocycles. The van der Waals surface area contributed by atoms with E-state index in [1.165, 1.54) is 12.8 Å². The molecule has 1 aliphatic carbocycles. The molecule has 0 radical (unpaired) electrons. The molecule has 0 bridgehead atoms. The van der Waals surface area contributed by atoms with E-state index in [-0.39, 0.29) is 5.56 Å². The first-order valence-corrected chi connectivity index (χ1v) is 6.79. The van der Waals surface area contributed by atoms with Crippen molar-refractivity contribution in [3.05, 3.63) is 19.6 Å². The number of H-pyrrole nitrogens is 1. The number of aromatic amines is 1. The average molecular weight is 333 g/mol. The van der Waals surface area contributed by atoms with Crippen LogP contribution in [0.5, 0.6) is 0 Å². The van der Waals surface area contributed by atoms with Crippen molar-refractivity contribution in [2.45, 2.75) is 32.6 Å². The van der Waals surface area contributed by atoms with E-state index in [9.17, 15) is 4.79 Å². The normalized spacial score (nSPS) is 15.2. The van der Waals surface area contributed by atoms with Crippen LogP contribution in [0.4, 0.5) is 5.95 Å². The molecule has 88 valence electrons. The fourth-order valence-corrected chi connectivity index (χ4v) is 2.46. The van der Waals surface area contributed by atoms with E-state index < -0.39 is 0 Å². The zero-order valence-electron chi connectivity index (χ0n) is 9.59. The van der Waals surface area contributed by atoms with E-state index in [1.54, 1.807) is 0 Å². The smallest absolute Gasteiger partial charge is 0.266 e. The molecule has 0 spiro atoms. The van der Waals surface area contributed by atoms with Crippen LogP contribution in [0.15, 0.2) is 4.79 Å². The SMILES string of the molecule is CCN(CC)c1nc(C2CC2)c(I)c(=O)[nH]1. The van der Waals surface area contributed by atoms with Gasteiger partial charge in [0.05, 0.1) is 5.69 Å². The highest BCUT2D eigenvalue weighted by molar-refractivity contribution is 14.1. The highest BCUT2D eigenvalue weighted by Gasteiger charge is 2.29. The van der Waals surface area contributed by atoms with Crippen LogP contribution < -0.4 is 10.5 Å². The van der Waals surface area contributed by atoms with Crippen LogP contribution in [0.1, 0.15) is 38.3 Å². The molecular formula is C11H16IN3O. The lowest BCUT2D eigenvalue weighted by Crippen LogP contribution is -2.28. The minimum Gasteiger partial charge on any atom is -0.343 e. The van der Waals surface area contributed by atoms with Gasteiger partial charge in [-0.2, -0.15) is 0 Å². The van der Waals surface area contributed by atoms with E-state index in [1.807, 2.05) is 0 Å². The molecule has 4 nitrogen and oxygen atoms in total. The van der Waals surface area contributed by atoms with E-state index in [0.717, 1.165) is 28.3 Å². The molecule has 1 aliphatic rings. The van der Waals surface area contributed by atoms with Gasteiger partial charge in [0.15, 0.2) is 0 Å². The number of hydrogen-bond donors (Lipinski definition) is 1. The fraction of sp³-hybridized carbons (Fsp3) is 0.636. The molecule has 0 atom stereocenters. The van der Waals surface area contributed by atoms with Crippen LogP contribution in [-0.2, 0) is 0 Å². The predicted molar refractivity (Wildman–Crippen MR) is 73.1 cm³/mol. The van der Waals surface area contributed by atoms with Gasteiger partial charge in [-0.1, -0.05) is 0 Å². The molecule has 1 aromatic rings. The maximum atomic E-state index is 11.8. The van der Waals surface area contributed by atoms with E-state index in [4.69, 9.17) is 0 Å². The molecule has 5 heteroatoms. The number of nitrogens with one attached hydrogen (secondary N) is 1. The molecule has 0 aromatic carbocycles. The van der Waals surface area contributed by atoms with Crippen molar-refractivity contribution in [3.8, 4) is 0 Å². The van der Waals surface area contributed by atoms with E-state index in [2.05, 4.69) is 51.3 Å². The number of halogens is 1. The van der Waals surface area contributed by atoms with Crippen molar-refractivity contribution >= 4 is 28.5 Å². The maximum Gasteiger partial charge on any atom is 0.266 e. The third-order valence-electron chi connectivity index (χ3n) is 2.90. The third-order valence-corrected chi connectivity index (χ3v) is 3.95. The van der Waals surface area contributed by atoms with Gasteiger partial charge in [0, 0.05) is 19.0 Å². The Labute approximate surface area is 109 Å². The quantitative estimate of drug-likeness (QED) is 0.859. The Kier molecular flexibility index (Phi) is 3.51. The minimum atomic E-state index is -0.000556. The number of anilines is 1. The lowest BCUT2D eigenvalue weighted by Gasteiger charge is -2.19. The van der Waals surface area contributed by atoms with Crippen LogP contribution in [0.2, 0.25) is 0 Å². The second-order valence-electron chi connectivity index (χ2n) is 4.04. The highest BCUT2D eigenvalue weighted by Crippen LogP contribution is 2.40. The summed E-state index contributed by atoms with van der Waals surface area (Å²) in [6, 6.07) is 0. The van der Waals surface area contributed by atoms with Crippen LogP contribution in [-0.4, -0.2) is 23.1 Å².